The van der Waals surface area contributed by atoms with Gasteiger partial charge >= 0.3 is 0 Å². The van der Waals surface area contributed by atoms with Gasteiger partial charge in [-0.25, -0.2) is 13.8 Å². The van der Waals surface area contributed by atoms with E-state index < -0.39 is 11.6 Å². The summed E-state index contributed by atoms with van der Waals surface area (Å²) in [5.41, 5.74) is 0. The van der Waals surface area contributed by atoms with Gasteiger partial charge in [0.2, 0.25) is 5.91 Å². The molecule has 144 valence electrons. The molecule has 1 heterocycles. The first-order valence-electron chi connectivity index (χ1n) is 8.94. The smallest absolute Gasteiger partial charge is 0.222 e. The molecule has 0 aliphatic carbocycles. The molecule has 1 aliphatic heterocycles. The second kappa shape index (κ2) is 9.94. The molecule has 6 nitrogen and oxygen atoms in total. The standard InChI is InChI=1S/C18H26F2N4O2/c1-3-17(25)24-9-7-13(12-24)23-18(21-4-2)22-8-10-26-14-5-6-15(19)16(20)11-14/h5-6,11,13H,3-4,7-10,12H2,1-2H3,(H2,21,22,23). The molecule has 1 fully saturated rings. The average Bonchev–Trinajstić information content (AvgIpc) is 3.09. The number of carbonyl (C=O) groups excluding carboxylic acids is 1. The molecule has 1 aromatic carbocycles. The lowest BCUT2D eigenvalue weighted by molar-refractivity contribution is -0.129. The molecule has 1 saturated heterocycles. The van der Waals surface area contributed by atoms with E-state index in [1.165, 1.54) is 6.07 Å². The average molecular weight is 368 g/mol. The third-order valence-corrected chi connectivity index (χ3v) is 4.05. The number of amides is 1. The van der Waals surface area contributed by atoms with Gasteiger partial charge in [-0.2, -0.15) is 0 Å². The van der Waals surface area contributed by atoms with Gasteiger partial charge in [-0.05, 0) is 25.5 Å². The summed E-state index contributed by atoms with van der Waals surface area (Å²) >= 11 is 0. The Morgan fingerprint density at radius 2 is 2.15 bits per heavy atom. The third-order valence-electron chi connectivity index (χ3n) is 4.05. The molecular weight excluding hydrogens is 342 g/mol. The molecule has 26 heavy (non-hydrogen) atoms. The maximum absolute atomic E-state index is 13.1. The first-order valence-corrected chi connectivity index (χ1v) is 8.94. The van der Waals surface area contributed by atoms with Gasteiger partial charge < -0.3 is 20.3 Å². The van der Waals surface area contributed by atoms with Gasteiger partial charge in [0.25, 0.3) is 0 Å². The van der Waals surface area contributed by atoms with Crippen LogP contribution in [0, 0.1) is 11.6 Å². The van der Waals surface area contributed by atoms with E-state index in [0.29, 0.717) is 32.0 Å². The molecule has 0 spiro atoms. The monoisotopic (exact) mass is 368 g/mol. The number of nitrogens with zero attached hydrogens (tertiary/aromatic N) is 2. The van der Waals surface area contributed by atoms with Gasteiger partial charge in [0.15, 0.2) is 17.6 Å². The van der Waals surface area contributed by atoms with Gasteiger partial charge in [-0.15, -0.1) is 0 Å². The van der Waals surface area contributed by atoms with Crippen LogP contribution in [0.3, 0.4) is 0 Å². The number of ether oxygens (including phenoxy) is 1. The lowest BCUT2D eigenvalue weighted by Crippen LogP contribution is -2.45. The number of hydrogen-bond donors (Lipinski definition) is 2. The van der Waals surface area contributed by atoms with Crippen molar-refractivity contribution in [2.24, 2.45) is 4.99 Å². The van der Waals surface area contributed by atoms with Crippen LogP contribution in [-0.4, -0.2) is 55.6 Å². The molecule has 1 atom stereocenters. The van der Waals surface area contributed by atoms with Crippen LogP contribution in [0.25, 0.3) is 0 Å². The van der Waals surface area contributed by atoms with Crippen LogP contribution in [0.5, 0.6) is 5.75 Å². The highest BCUT2D eigenvalue weighted by Gasteiger charge is 2.25. The van der Waals surface area contributed by atoms with Crippen LogP contribution in [0.1, 0.15) is 26.7 Å². The molecule has 8 heteroatoms. The molecule has 0 bridgehead atoms. The predicted molar refractivity (Wildman–Crippen MR) is 96.2 cm³/mol. The van der Waals surface area contributed by atoms with Gasteiger partial charge in [-0.1, -0.05) is 6.92 Å². The van der Waals surface area contributed by atoms with E-state index in [4.69, 9.17) is 4.74 Å². The minimum absolute atomic E-state index is 0.162. The van der Waals surface area contributed by atoms with Crippen LogP contribution in [0.4, 0.5) is 8.78 Å². The predicted octanol–water partition coefficient (Wildman–Crippen LogP) is 1.91. The van der Waals surface area contributed by atoms with Crippen LogP contribution < -0.4 is 15.4 Å². The number of carbonyl (C=O) groups is 1. The maximum atomic E-state index is 13.1. The van der Waals surface area contributed by atoms with Crippen molar-refractivity contribution < 1.29 is 18.3 Å². The summed E-state index contributed by atoms with van der Waals surface area (Å²) in [6.45, 7) is 6.56. The summed E-state index contributed by atoms with van der Waals surface area (Å²) in [7, 11) is 0. The highest BCUT2D eigenvalue weighted by atomic mass is 19.2. The van der Waals surface area contributed by atoms with Crippen molar-refractivity contribution in [2.45, 2.75) is 32.7 Å². The summed E-state index contributed by atoms with van der Waals surface area (Å²) in [6.07, 6.45) is 1.39. The van der Waals surface area contributed by atoms with Crippen LogP contribution in [0.2, 0.25) is 0 Å². The zero-order chi connectivity index (χ0) is 18.9. The second-order valence-electron chi connectivity index (χ2n) is 6.01. The van der Waals surface area contributed by atoms with Crippen molar-refractivity contribution in [2.75, 3.05) is 32.8 Å². The summed E-state index contributed by atoms with van der Waals surface area (Å²) in [5, 5.41) is 6.47. The minimum atomic E-state index is -0.937. The number of rotatable bonds is 7. The Bertz CT molecular complexity index is 640. The molecule has 2 N–H and O–H groups in total. The minimum Gasteiger partial charge on any atom is -0.492 e. The van der Waals surface area contributed by atoms with Gasteiger partial charge in [0, 0.05) is 38.2 Å². The van der Waals surface area contributed by atoms with Crippen LogP contribution >= 0.6 is 0 Å². The number of likely N-dealkylation sites (tertiary alicyclic amines) is 1. The Hall–Kier alpha value is -2.38. The fourth-order valence-corrected chi connectivity index (χ4v) is 2.73. The van der Waals surface area contributed by atoms with E-state index in [0.717, 1.165) is 25.1 Å². The Balaban J connectivity index is 1.80. The molecule has 1 unspecified atom stereocenters. The number of nitrogens with one attached hydrogen (secondary N) is 2. The van der Waals surface area contributed by atoms with Gasteiger partial charge in [0.1, 0.15) is 12.4 Å². The molecule has 0 saturated carbocycles. The number of guanidine groups is 1. The van der Waals surface area contributed by atoms with Gasteiger partial charge in [0.05, 0.1) is 6.54 Å². The van der Waals surface area contributed by atoms with Crippen molar-refractivity contribution >= 4 is 11.9 Å². The van der Waals surface area contributed by atoms with E-state index in [-0.39, 0.29) is 24.3 Å². The normalized spacial score (nSPS) is 17.3. The third kappa shape index (κ3) is 5.86. The first kappa shape index (κ1) is 19.9. The summed E-state index contributed by atoms with van der Waals surface area (Å²) in [6, 6.07) is 3.59. The number of benzene rings is 1. The number of hydrogen-bond acceptors (Lipinski definition) is 3. The molecule has 0 radical (unpaired) electrons. The SMILES string of the molecule is CCNC(=NCCOc1ccc(F)c(F)c1)NC1CCN(C(=O)CC)C1. The highest BCUT2D eigenvalue weighted by molar-refractivity contribution is 5.80. The topological polar surface area (TPSA) is 66.0 Å². The Morgan fingerprint density at radius 1 is 1.35 bits per heavy atom. The lowest BCUT2D eigenvalue weighted by Gasteiger charge is -2.18. The quantitative estimate of drug-likeness (QED) is 0.438. The Labute approximate surface area is 152 Å². The highest BCUT2D eigenvalue weighted by Crippen LogP contribution is 2.15. The van der Waals surface area contributed by atoms with E-state index in [9.17, 15) is 13.6 Å². The molecule has 2 rings (SSSR count). The van der Waals surface area contributed by atoms with Crippen molar-refractivity contribution in [3.05, 3.63) is 29.8 Å². The summed E-state index contributed by atoms with van der Waals surface area (Å²) in [4.78, 5) is 18.0. The first-order chi connectivity index (χ1) is 12.5. The van der Waals surface area contributed by atoms with Crippen molar-refractivity contribution in [3.8, 4) is 5.75 Å². The van der Waals surface area contributed by atoms with Crippen molar-refractivity contribution in [3.63, 3.8) is 0 Å². The van der Waals surface area contributed by atoms with E-state index >= 15 is 0 Å². The molecule has 0 aromatic heterocycles. The van der Waals surface area contributed by atoms with Crippen LogP contribution in [0.15, 0.2) is 23.2 Å². The zero-order valence-corrected chi connectivity index (χ0v) is 15.2. The fourth-order valence-electron chi connectivity index (χ4n) is 2.73. The lowest BCUT2D eigenvalue weighted by atomic mass is 10.3. The van der Waals surface area contributed by atoms with Crippen molar-refractivity contribution in [1.29, 1.82) is 0 Å². The fraction of sp³-hybridized carbons (Fsp3) is 0.556. The van der Waals surface area contributed by atoms with E-state index in [1.54, 1.807) is 0 Å². The van der Waals surface area contributed by atoms with E-state index in [2.05, 4.69) is 15.6 Å². The molecular formula is C18H26F2N4O2. The number of aliphatic imine (C=N–C) groups is 1. The number of halogens is 2. The second-order valence-corrected chi connectivity index (χ2v) is 6.01. The zero-order valence-electron chi connectivity index (χ0n) is 15.2. The molecule has 1 aliphatic rings. The Morgan fingerprint density at radius 3 is 2.85 bits per heavy atom. The van der Waals surface area contributed by atoms with Gasteiger partial charge in [-0.3, -0.25) is 4.79 Å². The summed E-state index contributed by atoms with van der Waals surface area (Å²) < 4.78 is 31.4. The largest absolute Gasteiger partial charge is 0.492 e. The Kier molecular flexibility index (Phi) is 7.62. The molecule has 1 aromatic rings. The van der Waals surface area contributed by atoms with Crippen LogP contribution in [-0.2, 0) is 4.79 Å². The van der Waals surface area contributed by atoms with Crippen molar-refractivity contribution in [1.82, 2.24) is 15.5 Å². The summed E-state index contributed by atoms with van der Waals surface area (Å²) in [5.74, 6) is -0.760. The maximum Gasteiger partial charge on any atom is 0.222 e. The molecule has 1 amide bonds. The van der Waals surface area contributed by atoms with E-state index in [1.807, 2.05) is 18.7 Å².